The minimum absolute atomic E-state index is 0.384. The molecule has 23 heavy (non-hydrogen) atoms. The van der Waals surface area contributed by atoms with Crippen molar-refractivity contribution in [2.75, 3.05) is 11.5 Å². The molecule has 2 aromatic rings. The molecule has 2 aliphatic heterocycles. The Morgan fingerprint density at radius 3 is 1.39 bits per heavy atom. The third-order valence-electron chi connectivity index (χ3n) is 4.20. The first-order valence-corrected chi connectivity index (χ1v) is 11.4. The van der Waals surface area contributed by atoms with E-state index >= 15 is 0 Å². The lowest BCUT2D eigenvalue weighted by molar-refractivity contribution is 0.596. The van der Waals surface area contributed by atoms with E-state index in [9.17, 15) is 8.42 Å². The van der Waals surface area contributed by atoms with Crippen LogP contribution in [0.1, 0.15) is 11.1 Å². The standard InChI is InChI=1S/C18H18O2S3/c19-23(20,17-5-1-13(2-6-17)9-15-11-21-15)18-7-3-14(4-8-18)10-16-12-22-16/h1-8,15-16H,9-12H2. The Labute approximate surface area is 146 Å². The van der Waals surface area contributed by atoms with Crippen molar-refractivity contribution < 1.29 is 8.42 Å². The van der Waals surface area contributed by atoms with Crippen LogP contribution in [0.5, 0.6) is 0 Å². The second kappa shape index (κ2) is 6.19. The maximum absolute atomic E-state index is 12.7. The SMILES string of the molecule is O=S(=O)(c1ccc(CC2CS2)cc1)c1ccc(CC2CS2)cc1. The highest BCUT2D eigenvalue weighted by Gasteiger charge is 2.24. The summed E-state index contributed by atoms with van der Waals surface area (Å²) in [6.07, 6.45) is 2.08. The van der Waals surface area contributed by atoms with Gasteiger partial charge in [0, 0.05) is 22.0 Å². The smallest absolute Gasteiger partial charge is 0.206 e. The predicted octanol–water partition coefficient (Wildman–Crippen LogP) is 3.84. The summed E-state index contributed by atoms with van der Waals surface area (Å²) in [4.78, 5) is 0.769. The number of rotatable bonds is 6. The van der Waals surface area contributed by atoms with Gasteiger partial charge in [-0.1, -0.05) is 24.3 Å². The number of sulfone groups is 1. The van der Waals surface area contributed by atoms with Gasteiger partial charge in [0.1, 0.15) is 0 Å². The zero-order valence-electron chi connectivity index (χ0n) is 12.6. The molecule has 0 radical (unpaired) electrons. The van der Waals surface area contributed by atoms with Gasteiger partial charge in [0.2, 0.25) is 9.84 Å². The molecule has 2 aliphatic rings. The summed E-state index contributed by atoms with van der Waals surface area (Å²) < 4.78 is 25.4. The van der Waals surface area contributed by atoms with Crippen molar-refractivity contribution in [2.45, 2.75) is 33.1 Å². The summed E-state index contributed by atoms with van der Waals surface area (Å²) in [6, 6.07) is 14.8. The van der Waals surface area contributed by atoms with E-state index in [4.69, 9.17) is 0 Å². The van der Waals surface area contributed by atoms with Gasteiger partial charge in [-0.15, -0.1) is 0 Å². The predicted molar refractivity (Wildman–Crippen MR) is 98.2 cm³/mol. The van der Waals surface area contributed by atoms with Crippen molar-refractivity contribution >= 4 is 33.4 Å². The second-order valence-electron chi connectivity index (χ2n) is 6.11. The van der Waals surface area contributed by atoms with Crippen LogP contribution in [0.25, 0.3) is 0 Å². The molecule has 0 aromatic heterocycles. The lowest BCUT2D eigenvalue weighted by Gasteiger charge is -2.07. The van der Waals surface area contributed by atoms with E-state index < -0.39 is 9.84 Å². The summed E-state index contributed by atoms with van der Waals surface area (Å²) in [5.74, 6) is 2.46. The molecule has 2 unspecified atom stereocenters. The second-order valence-corrected chi connectivity index (χ2v) is 10.7. The van der Waals surface area contributed by atoms with Crippen molar-refractivity contribution in [1.82, 2.24) is 0 Å². The van der Waals surface area contributed by atoms with Crippen LogP contribution in [-0.2, 0) is 22.7 Å². The highest BCUT2D eigenvalue weighted by molar-refractivity contribution is 8.07. The molecule has 0 aliphatic carbocycles. The zero-order valence-corrected chi connectivity index (χ0v) is 15.1. The van der Waals surface area contributed by atoms with Crippen molar-refractivity contribution in [3.05, 3.63) is 59.7 Å². The maximum atomic E-state index is 12.7. The normalized spacial score (nSPS) is 22.8. The topological polar surface area (TPSA) is 34.1 Å². The molecule has 0 saturated carbocycles. The van der Waals surface area contributed by atoms with Crippen LogP contribution in [0, 0.1) is 0 Å². The molecule has 4 rings (SSSR count). The van der Waals surface area contributed by atoms with E-state index in [0.29, 0.717) is 9.79 Å². The fourth-order valence-corrected chi connectivity index (χ4v) is 5.03. The summed E-state index contributed by atoms with van der Waals surface area (Å²) >= 11 is 3.92. The molecule has 120 valence electrons. The van der Waals surface area contributed by atoms with E-state index in [1.165, 1.54) is 22.6 Å². The van der Waals surface area contributed by atoms with E-state index in [2.05, 4.69) is 0 Å². The van der Waals surface area contributed by atoms with E-state index in [1.54, 1.807) is 24.3 Å². The van der Waals surface area contributed by atoms with Crippen molar-refractivity contribution in [1.29, 1.82) is 0 Å². The van der Waals surface area contributed by atoms with E-state index in [0.717, 1.165) is 23.3 Å². The largest absolute Gasteiger partial charge is 0.219 e. The van der Waals surface area contributed by atoms with Gasteiger partial charge in [0.05, 0.1) is 9.79 Å². The van der Waals surface area contributed by atoms with Crippen LogP contribution in [0.4, 0.5) is 0 Å². The molecule has 0 spiro atoms. The van der Waals surface area contributed by atoms with Crippen LogP contribution < -0.4 is 0 Å². The first kappa shape index (κ1) is 15.6. The van der Waals surface area contributed by atoms with Gasteiger partial charge in [0.25, 0.3) is 0 Å². The van der Waals surface area contributed by atoms with Crippen LogP contribution in [0.2, 0.25) is 0 Å². The molecule has 2 nitrogen and oxygen atoms in total. The zero-order chi connectivity index (χ0) is 15.9. The average molecular weight is 363 g/mol. The summed E-state index contributed by atoms with van der Waals surface area (Å²) in [5, 5.41) is 1.46. The Kier molecular flexibility index (Phi) is 4.20. The van der Waals surface area contributed by atoms with E-state index in [-0.39, 0.29) is 0 Å². The van der Waals surface area contributed by atoms with Gasteiger partial charge in [-0.25, -0.2) is 8.42 Å². The van der Waals surface area contributed by atoms with Crippen LogP contribution >= 0.6 is 23.5 Å². The highest BCUT2D eigenvalue weighted by atomic mass is 32.2. The van der Waals surface area contributed by atoms with Gasteiger partial charge < -0.3 is 0 Å². The Morgan fingerprint density at radius 1 is 0.739 bits per heavy atom. The van der Waals surface area contributed by atoms with Gasteiger partial charge in [-0.3, -0.25) is 0 Å². The molecule has 5 heteroatoms. The van der Waals surface area contributed by atoms with Crippen LogP contribution in [-0.4, -0.2) is 30.4 Å². The Balaban J connectivity index is 1.53. The fourth-order valence-electron chi connectivity index (χ4n) is 2.64. The highest BCUT2D eigenvalue weighted by Crippen LogP contribution is 2.34. The third-order valence-corrected chi connectivity index (χ3v) is 7.93. The van der Waals surface area contributed by atoms with E-state index in [1.807, 2.05) is 47.8 Å². The maximum Gasteiger partial charge on any atom is 0.206 e. The summed E-state index contributed by atoms with van der Waals surface area (Å²) in [6.45, 7) is 0. The van der Waals surface area contributed by atoms with Gasteiger partial charge in [-0.2, -0.15) is 23.5 Å². The van der Waals surface area contributed by atoms with Gasteiger partial charge in [-0.05, 0) is 48.2 Å². The summed E-state index contributed by atoms with van der Waals surface area (Å²) in [5.41, 5.74) is 2.44. The average Bonchev–Trinajstić information content (AvgIpc) is 3.45. The Bertz CT molecular complexity index is 724. The van der Waals surface area contributed by atoms with Crippen LogP contribution in [0.15, 0.2) is 58.3 Å². The minimum Gasteiger partial charge on any atom is -0.219 e. The number of hydrogen-bond donors (Lipinski definition) is 0. The lowest BCUT2D eigenvalue weighted by atomic mass is 10.1. The Morgan fingerprint density at radius 2 is 1.09 bits per heavy atom. The molecule has 2 heterocycles. The molecule has 0 N–H and O–H groups in total. The lowest BCUT2D eigenvalue weighted by Crippen LogP contribution is -2.03. The molecule has 2 fully saturated rings. The molecule has 2 saturated heterocycles. The number of hydrogen-bond acceptors (Lipinski definition) is 4. The van der Waals surface area contributed by atoms with Crippen molar-refractivity contribution in [3.63, 3.8) is 0 Å². The van der Waals surface area contributed by atoms with Gasteiger partial charge >= 0.3 is 0 Å². The monoisotopic (exact) mass is 362 g/mol. The van der Waals surface area contributed by atoms with Gasteiger partial charge in [0.15, 0.2) is 0 Å². The third kappa shape index (κ3) is 3.78. The number of thioether (sulfide) groups is 2. The quantitative estimate of drug-likeness (QED) is 0.731. The minimum atomic E-state index is -3.41. The first-order valence-electron chi connectivity index (χ1n) is 7.77. The molecule has 2 aromatic carbocycles. The first-order chi connectivity index (χ1) is 11.1. The summed E-state index contributed by atoms with van der Waals surface area (Å²) in [7, 11) is -3.41. The molecular formula is C18H18O2S3. The number of benzene rings is 2. The molecular weight excluding hydrogens is 344 g/mol. The molecule has 0 bridgehead atoms. The van der Waals surface area contributed by atoms with Crippen molar-refractivity contribution in [2.24, 2.45) is 0 Å². The molecule has 0 amide bonds. The van der Waals surface area contributed by atoms with Crippen LogP contribution in [0.3, 0.4) is 0 Å². The van der Waals surface area contributed by atoms with Crippen molar-refractivity contribution in [3.8, 4) is 0 Å². The fraction of sp³-hybridized carbons (Fsp3) is 0.333. The Hall–Kier alpha value is -0.910. The molecule has 2 atom stereocenters.